The van der Waals surface area contributed by atoms with Crippen LogP contribution in [0, 0.1) is 0 Å². The molecule has 1 aromatic carbocycles. The Morgan fingerprint density at radius 1 is 1.18 bits per heavy atom. The lowest BCUT2D eigenvalue weighted by Gasteiger charge is -2.26. The Hall–Kier alpha value is -2.57. The minimum absolute atomic E-state index is 0.0295. The molecule has 1 saturated heterocycles. The second kappa shape index (κ2) is 8.63. The Morgan fingerprint density at radius 2 is 1.86 bits per heavy atom. The van der Waals surface area contributed by atoms with Gasteiger partial charge in [0.2, 0.25) is 0 Å². The van der Waals surface area contributed by atoms with Gasteiger partial charge in [0.05, 0.1) is 11.8 Å². The Labute approximate surface area is 169 Å². The number of aliphatic hydroxyl groups excluding tert-OH is 1. The molecule has 6 nitrogen and oxygen atoms in total. The molecular formula is C21H23ClN2O4. The van der Waals surface area contributed by atoms with E-state index in [-0.39, 0.29) is 11.3 Å². The van der Waals surface area contributed by atoms with Crippen LogP contribution in [-0.2, 0) is 9.59 Å². The first-order valence-electron chi connectivity index (χ1n) is 9.28. The molecule has 0 saturated carbocycles. The minimum Gasteiger partial charge on any atom is -0.507 e. The Kier molecular flexibility index (Phi) is 6.21. The van der Waals surface area contributed by atoms with E-state index in [1.807, 2.05) is 13.8 Å². The van der Waals surface area contributed by atoms with E-state index in [9.17, 15) is 14.7 Å². The number of benzene rings is 1. The SMILES string of the molecule is CCN(CC)CCN1C(=O)C(=O)C(=C(O)c2ccc(Cl)cc2)[C@@H]1c1ccco1. The second-order valence-corrected chi connectivity index (χ2v) is 6.98. The van der Waals surface area contributed by atoms with Gasteiger partial charge < -0.3 is 19.3 Å². The molecule has 7 heteroatoms. The Balaban J connectivity index is 2.03. The molecule has 2 aromatic rings. The standard InChI is InChI=1S/C21H23ClN2O4/c1-3-23(4-2)11-12-24-18(16-6-5-13-28-16)17(20(26)21(24)27)19(25)14-7-9-15(22)10-8-14/h5-10,13,18,25H,3-4,11-12H2,1-2H3/t18-/m0/s1. The summed E-state index contributed by atoms with van der Waals surface area (Å²) in [4.78, 5) is 29.2. The molecule has 1 aromatic heterocycles. The lowest BCUT2D eigenvalue weighted by atomic mass is 9.99. The van der Waals surface area contributed by atoms with E-state index < -0.39 is 17.7 Å². The number of halogens is 1. The third kappa shape index (κ3) is 3.84. The van der Waals surface area contributed by atoms with Gasteiger partial charge in [-0.1, -0.05) is 25.4 Å². The van der Waals surface area contributed by atoms with Crippen molar-refractivity contribution in [3.63, 3.8) is 0 Å². The number of amides is 1. The van der Waals surface area contributed by atoms with Gasteiger partial charge in [0.25, 0.3) is 11.7 Å². The third-order valence-electron chi connectivity index (χ3n) is 5.02. The van der Waals surface area contributed by atoms with Crippen LogP contribution in [0.25, 0.3) is 5.76 Å². The van der Waals surface area contributed by atoms with Crippen LogP contribution in [0.5, 0.6) is 0 Å². The zero-order chi connectivity index (χ0) is 20.3. The quantitative estimate of drug-likeness (QED) is 0.434. The number of carbonyl (C=O) groups is 2. The van der Waals surface area contributed by atoms with Crippen LogP contribution in [0.15, 0.2) is 52.7 Å². The summed E-state index contributed by atoms with van der Waals surface area (Å²) in [6, 6.07) is 9.10. The number of hydrogen-bond donors (Lipinski definition) is 1. The highest BCUT2D eigenvalue weighted by Gasteiger charge is 2.47. The molecule has 1 fully saturated rings. The molecule has 0 radical (unpaired) electrons. The molecule has 1 atom stereocenters. The summed E-state index contributed by atoms with van der Waals surface area (Å²) in [5.41, 5.74) is 0.449. The zero-order valence-electron chi connectivity index (χ0n) is 15.9. The Bertz CT molecular complexity index is 870. The third-order valence-corrected chi connectivity index (χ3v) is 5.27. The molecule has 2 heterocycles. The van der Waals surface area contributed by atoms with E-state index >= 15 is 0 Å². The molecule has 0 bridgehead atoms. The average Bonchev–Trinajstić information content (AvgIpc) is 3.31. The van der Waals surface area contributed by atoms with E-state index in [0.29, 0.717) is 29.4 Å². The number of nitrogens with zero attached hydrogens (tertiary/aromatic N) is 2. The maximum atomic E-state index is 12.8. The smallest absolute Gasteiger partial charge is 0.295 e. The van der Waals surface area contributed by atoms with Crippen molar-refractivity contribution in [2.75, 3.05) is 26.2 Å². The van der Waals surface area contributed by atoms with E-state index in [4.69, 9.17) is 16.0 Å². The zero-order valence-corrected chi connectivity index (χ0v) is 16.6. The fraction of sp³-hybridized carbons (Fsp3) is 0.333. The summed E-state index contributed by atoms with van der Waals surface area (Å²) in [7, 11) is 0. The first-order valence-corrected chi connectivity index (χ1v) is 9.65. The number of carbonyl (C=O) groups excluding carboxylic acids is 2. The van der Waals surface area contributed by atoms with Crippen LogP contribution in [0.3, 0.4) is 0 Å². The number of likely N-dealkylation sites (N-methyl/N-ethyl adjacent to an activating group) is 1. The number of aliphatic hydroxyl groups is 1. The van der Waals surface area contributed by atoms with Crippen LogP contribution in [0.2, 0.25) is 5.02 Å². The fourth-order valence-electron chi connectivity index (χ4n) is 3.41. The van der Waals surface area contributed by atoms with E-state index in [1.54, 1.807) is 36.4 Å². The maximum absolute atomic E-state index is 12.8. The second-order valence-electron chi connectivity index (χ2n) is 6.54. The van der Waals surface area contributed by atoms with Gasteiger partial charge in [0, 0.05) is 23.7 Å². The van der Waals surface area contributed by atoms with Gasteiger partial charge >= 0.3 is 0 Å². The van der Waals surface area contributed by atoms with Crippen molar-refractivity contribution in [3.8, 4) is 0 Å². The highest BCUT2D eigenvalue weighted by molar-refractivity contribution is 6.46. The molecule has 0 unspecified atom stereocenters. The molecule has 1 N–H and O–H groups in total. The van der Waals surface area contributed by atoms with Crippen molar-refractivity contribution in [1.29, 1.82) is 0 Å². The van der Waals surface area contributed by atoms with Gasteiger partial charge in [-0.2, -0.15) is 0 Å². The topological polar surface area (TPSA) is 74.0 Å². The summed E-state index contributed by atoms with van der Waals surface area (Å²) in [5, 5.41) is 11.4. The van der Waals surface area contributed by atoms with Gasteiger partial charge in [-0.25, -0.2) is 0 Å². The molecule has 0 aliphatic carbocycles. The summed E-state index contributed by atoms with van der Waals surface area (Å²) >= 11 is 5.91. The van der Waals surface area contributed by atoms with Crippen molar-refractivity contribution in [3.05, 3.63) is 64.6 Å². The van der Waals surface area contributed by atoms with E-state index in [1.165, 1.54) is 11.2 Å². The number of Topliss-reactive ketones (excluding diaryl/α,β-unsaturated/α-hetero) is 1. The first kappa shape index (κ1) is 20.2. The van der Waals surface area contributed by atoms with Gasteiger partial charge in [-0.15, -0.1) is 0 Å². The number of likely N-dealkylation sites (tertiary alicyclic amines) is 1. The summed E-state index contributed by atoms with van der Waals surface area (Å²) in [6.07, 6.45) is 1.49. The maximum Gasteiger partial charge on any atom is 0.295 e. The summed E-state index contributed by atoms with van der Waals surface area (Å²) in [5.74, 6) is -1.14. The number of furan rings is 1. The lowest BCUT2D eigenvalue weighted by molar-refractivity contribution is -0.140. The molecule has 3 rings (SSSR count). The van der Waals surface area contributed by atoms with Crippen molar-refractivity contribution in [1.82, 2.24) is 9.80 Å². The van der Waals surface area contributed by atoms with Crippen LogP contribution in [0.1, 0.15) is 31.2 Å². The first-order chi connectivity index (χ1) is 13.5. The van der Waals surface area contributed by atoms with E-state index in [2.05, 4.69) is 4.90 Å². The van der Waals surface area contributed by atoms with Crippen molar-refractivity contribution >= 4 is 29.1 Å². The largest absolute Gasteiger partial charge is 0.507 e. The summed E-state index contributed by atoms with van der Waals surface area (Å²) < 4.78 is 5.51. The predicted octanol–water partition coefficient (Wildman–Crippen LogP) is 3.70. The van der Waals surface area contributed by atoms with Crippen LogP contribution >= 0.6 is 11.6 Å². The Morgan fingerprint density at radius 3 is 2.43 bits per heavy atom. The average molecular weight is 403 g/mol. The number of hydrogen-bond acceptors (Lipinski definition) is 5. The van der Waals surface area contributed by atoms with Crippen molar-refractivity contribution in [2.24, 2.45) is 0 Å². The van der Waals surface area contributed by atoms with Gasteiger partial charge in [-0.3, -0.25) is 9.59 Å². The minimum atomic E-state index is -0.763. The molecule has 0 spiro atoms. The number of rotatable bonds is 7. The molecule has 1 amide bonds. The lowest BCUT2D eigenvalue weighted by Crippen LogP contribution is -2.37. The molecule has 28 heavy (non-hydrogen) atoms. The van der Waals surface area contributed by atoms with E-state index in [0.717, 1.165) is 13.1 Å². The monoisotopic (exact) mass is 402 g/mol. The normalized spacial score (nSPS) is 19.0. The molecule has 1 aliphatic heterocycles. The van der Waals surface area contributed by atoms with Gasteiger partial charge in [0.15, 0.2) is 0 Å². The predicted molar refractivity (Wildman–Crippen MR) is 107 cm³/mol. The van der Waals surface area contributed by atoms with Crippen LogP contribution in [-0.4, -0.2) is 52.8 Å². The van der Waals surface area contributed by atoms with Crippen LogP contribution < -0.4 is 0 Å². The van der Waals surface area contributed by atoms with Crippen molar-refractivity contribution in [2.45, 2.75) is 19.9 Å². The molecular weight excluding hydrogens is 380 g/mol. The molecule has 148 valence electrons. The number of ketones is 1. The highest BCUT2D eigenvalue weighted by Crippen LogP contribution is 2.39. The fourth-order valence-corrected chi connectivity index (χ4v) is 3.53. The summed E-state index contributed by atoms with van der Waals surface area (Å²) in [6.45, 7) is 6.75. The van der Waals surface area contributed by atoms with Crippen LogP contribution in [0.4, 0.5) is 0 Å². The molecule has 1 aliphatic rings. The van der Waals surface area contributed by atoms with Gasteiger partial charge in [-0.05, 0) is 49.5 Å². The van der Waals surface area contributed by atoms with Crippen molar-refractivity contribution < 1.29 is 19.1 Å². The van der Waals surface area contributed by atoms with Gasteiger partial charge in [0.1, 0.15) is 17.6 Å². The highest BCUT2D eigenvalue weighted by atomic mass is 35.5.